The lowest BCUT2D eigenvalue weighted by Gasteiger charge is -2.00. The van der Waals surface area contributed by atoms with Crippen molar-refractivity contribution in [3.63, 3.8) is 0 Å². The van der Waals surface area contributed by atoms with Crippen LogP contribution in [0.1, 0.15) is 26.3 Å². The van der Waals surface area contributed by atoms with Crippen LogP contribution in [0.5, 0.6) is 5.75 Å². The molecule has 1 heterocycles. The lowest BCUT2D eigenvalue weighted by molar-refractivity contribution is 0.0696. The number of carbonyl (C=O) groups is 2. The van der Waals surface area contributed by atoms with Gasteiger partial charge < -0.3 is 9.84 Å². The highest BCUT2D eigenvalue weighted by atomic mass is 35.5. The van der Waals surface area contributed by atoms with E-state index in [0.717, 1.165) is 0 Å². The number of halogens is 1. The second kappa shape index (κ2) is 5.07. The quantitative estimate of drug-likeness (QED) is 0.860. The maximum atomic E-state index is 12.2. The average molecular weight is 301 g/mol. The molecule has 1 aliphatic rings. The number of ether oxygens (including phenoxy) is 1. The number of ketones is 1. The molecule has 1 N–H and O–H groups in total. The summed E-state index contributed by atoms with van der Waals surface area (Å²) < 4.78 is 5.49. The Balaban J connectivity index is 1.94. The number of benzene rings is 2. The highest BCUT2D eigenvalue weighted by molar-refractivity contribution is 6.33. The summed E-state index contributed by atoms with van der Waals surface area (Å²) in [4.78, 5) is 23.0. The largest absolute Gasteiger partial charge is 0.478 e. The molecular formula is C16H9ClO4. The molecule has 0 saturated heterocycles. The average Bonchev–Trinajstić information content (AvgIpc) is 2.78. The first-order valence-electron chi connectivity index (χ1n) is 6.12. The number of Topliss-reactive ketones (excluding diaryl/α,β-unsaturated/α-hetero) is 1. The van der Waals surface area contributed by atoms with E-state index in [9.17, 15) is 9.59 Å². The smallest absolute Gasteiger partial charge is 0.335 e. The number of aromatic carboxylic acids is 1. The van der Waals surface area contributed by atoms with Gasteiger partial charge >= 0.3 is 5.97 Å². The van der Waals surface area contributed by atoms with Crippen molar-refractivity contribution in [3.8, 4) is 5.75 Å². The number of fused-ring (bicyclic) bond motifs is 1. The molecule has 0 amide bonds. The van der Waals surface area contributed by atoms with Crippen LogP contribution < -0.4 is 4.74 Å². The number of hydrogen-bond donors (Lipinski definition) is 1. The van der Waals surface area contributed by atoms with Gasteiger partial charge in [-0.2, -0.15) is 0 Å². The maximum Gasteiger partial charge on any atom is 0.335 e. The maximum absolute atomic E-state index is 12.2. The Morgan fingerprint density at radius 2 is 1.86 bits per heavy atom. The third-order valence-electron chi connectivity index (χ3n) is 3.10. The molecule has 0 aliphatic carbocycles. The van der Waals surface area contributed by atoms with Gasteiger partial charge in [-0.1, -0.05) is 29.8 Å². The van der Waals surface area contributed by atoms with Gasteiger partial charge in [0.2, 0.25) is 5.78 Å². The van der Waals surface area contributed by atoms with Gasteiger partial charge in [0.05, 0.1) is 16.1 Å². The van der Waals surface area contributed by atoms with Gasteiger partial charge in [0.25, 0.3) is 0 Å². The number of para-hydroxylation sites is 1. The summed E-state index contributed by atoms with van der Waals surface area (Å²) >= 11 is 5.99. The van der Waals surface area contributed by atoms with Crippen LogP contribution in [0.3, 0.4) is 0 Å². The van der Waals surface area contributed by atoms with Crippen molar-refractivity contribution in [2.45, 2.75) is 0 Å². The second-order valence-corrected chi connectivity index (χ2v) is 4.89. The van der Waals surface area contributed by atoms with Crippen LogP contribution in [0.2, 0.25) is 5.02 Å². The normalized spacial score (nSPS) is 14.9. The van der Waals surface area contributed by atoms with Gasteiger partial charge in [-0.15, -0.1) is 0 Å². The zero-order valence-electron chi connectivity index (χ0n) is 10.7. The van der Waals surface area contributed by atoms with E-state index in [1.165, 1.54) is 12.1 Å². The molecule has 1 aliphatic heterocycles. The lowest BCUT2D eigenvalue weighted by Crippen LogP contribution is -1.98. The van der Waals surface area contributed by atoms with E-state index in [4.69, 9.17) is 21.4 Å². The van der Waals surface area contributed by atoms with Gasteiger partial charge in [-0.05, 0) is 35.9 Å². The van der Waals surface area contributed by atoms with Crippen LogP contribution >= 0.6 is 11.6 Å². The van der Waals surface area contributed by atoms with Crippen LogP contribution in [0.4, 0.5) is 0 Å². The molecule has 104 valence electrons. The molecule has 2 aromatic carbocycles. The highest BCUT2D eigenvalue weighted by Crippen LogP contribution is 2.37. The Morgan fingerprint density at radius 3 is 2.48 bits per heavy atom. The molecule has 0 unspecified atom stereocenters. The van der Waals surface area contributed by atoms with Crippen LogP contribution in [-0.4, -0.2) is 16.9 Å². The molecule has 3 rings (SSSR count). The third kappa shape index (κ3) is 2.41. The molecular weight excluding hydrogens is 292 g/mol. The third-order valence-corrected chi connectivity index (χ3v) is 3.40. The summed E-state index contributed by atoms with van der Waals surface area (Å²) in [5.74, 6) is -0.713. The summed E-state index contributed by atoms with van der Waals surface area (Å²) in [5, 5.41) is 9.22. The first-order chi connectivity index (χ1) is 10.1. The van der Waals surface area contributed by atoms with Crippen molar-refractivity contribution < 1.29 is 19.4 Å². The van der Waals surface area contributed by atoms with E-state index < -0.39 is 5.97 Å². The van der Waals surface area contributed by atoms with E-state index in [-0.39, 0.29) is 17.1 Å². The van der Waals surface area contributed by atoms with Gasteiger partial charge in [-0.3, -0.25) is 4.79 Å². The fourth-order valence-corrected chi connectivity index (χ4v) is 2.26. The zero-order valence-corrected chi connectivity index (χ0v) is 11.4. The number of hydrogen-bond acceptors (Lipinski definition) is 3. The number of allylic oxidation sites excluding steroid dienone is 1. The number of carboxylic acid groups (broad SMARTS) is 1. The van der Waals surface area contributed by atoms with Gasteiger partial charge in [0.1, 0.15) is 0 Å². The fraction of sp³-hybridized carbons (Fsp3) is 0. The highest BCUT2D eigenvalue weighted by Gasteiger charge is 2.28. The topological polar surface area (TPSA) is 63.6 Å². The first kappa shape index (κ1) is 13.4. The molecule has 0 radical (unpaired) electrons. The minimum Gasteiger partial charge on any atom is -0.478 e. The Bertz CT molecular complexity index is 775. The van der Waals surface area contributed by atoms with E-state index in [0.29, 0.717) is 21.9 Å². The Hall–Kier alpha value is -2.59. The van der Waals surface area contributed by atoms with Crippen molar-refractivity contribution in [3.05, 3.63) is 69.9 Å². The predicted molar refractivity (Wildman–Crippen MR) is 77.8 cm³/mol. The molecule has 5 heteroatoms. The first-order valence-corrected chi connectivity index (χ1v) is 6.50. The van der Waals surface area contributed by atoms with Crippen LogP contribution in [0, 0.1) is 0 Å². The van der Waals surface area contributed by atoms with Crippen molar-refractivity contribution >= 4 is 29.4 Å². The number of carboxylic acids is 1. The summed E-state index contributed by atoms with van der Waals surface area (Å²) in [7, 11) is 0. The van der Waals surface area contributed by atoms with Crippen molar-refractivity contribution in [1.29, 1.82) is 0 Å². The fourth-order valence-electron chi connectivity index (χ4n) is 2.05. The molecule has 0 bridgehead atoms. The summed E-state index contributed by atoms with van der Waals surface area (Å²) in [5.41, 5.74) is 1.28. The standard InChI is InChI=1S/C16H9ClO4/c17-12-3-1-2-11-14(18)13(21-15(11)12)8-9-4-6-10(7-5-9)16(19)20/h1-8H,(H,19,20)/b13-8-. The lowest BCUT2D eigenvalue weighted by atomic mass is 10.1. The SMILES string of the molecule is O=C(O)c1ccc(/C=C2\Oc3c(Cl)cccc3C2=O)cc1. The molecule has 0 atom stereocenters. The van der Waals surface area contributed by atoms with E-state index >= 15 is 0 Å². The van der Waals surface area contributed by atoms with E-state index in [2.05, 4.69) is 0 Å². The molecule has 0 aromatic heterocycles. The monoisotopic (exact) mass is 300 g/mol. The van der Waals surface area contributed by atoms with Gasteiger partial charge in [-0.25, -0.2) is 4.79 Å². The molecule has 0 spiro atoms. The minimum absolute atomic E-state index is 0.168. The van der Waals surface area contributed by atoms with E-state index in [1.54, 1.807) is 36.4 Å². The molecule has 4 nitrogen and oxygen atoms in total. The Kier molecular flexibility index (Phi) is 3.23. The Morgan fingerprint density at radius 1 is 1.14 bits per heavy atom. The molecule has 2 aromatic rings. The van der Waals surface area contributed by atoms with Gasteiger partial charge in [0, 0.05) is 0 Å². The zero-order chi connectivity index (χ0) is 15.0. The minimum atomic E-state index is -0.999. The molecule has 21 heavy (non-hydrogen) atoms. The van der Waals surface area contributed by atoms with Crippen molar-refractivity contribution in [1.82, 2.24) is 0 Å². The summed E-state index contributed by atoms with van der Waals surface area (Å²) in [6, 6.07) is 11.1. The van der Waals surface area contributed by atoms with Crippen LogP contribution in [0.15, 0.2) is 48.2 Å². The number of rotatable bonds is 2. The Labute approximate surface area is 125 Å². The second-order valence-electron chi connectivity index (χ2n) is 4.48. The van der Waals surface area contributed by atoms with Crippen molar-refractivity contribution in [2.24, 2.45) is 0 Å². The molecule has 0 fully saturated rings. The molecule has 0 saturated carbocycles. The van der Waals surface area contributed by atoms with Crippen LogP contribution in [0.25, 0.3) is 6.08 Å². The van der Waals surface area contributed by atoms with Crippen molar-refractivity contribution in [2.75, 3.05) is 0 Å². The predicted octanol–water partition coefficient (Wildman–Crippen LogP) is 3.65. The number of carbonyl (C=O) groups excluding carboxylic acids is 1. The van der Waals surface area contributed by atoms with E-state index in [1.807, 2.05) is 0 Å². The van der Waals surface area contributed by atoms with Gasteiger partial charge in [0.15, 0.2) is 11.5 Å². The van der Waals surface area contributed by atoms with Crippen LogP contribution in [-0.2, 0) is 0 Å². The summed E-state index contributed by atoms with van der Waals surface area (Å²) in [6.45, 7) is 0. The summed E-state index contributed by atoms with van der Waals surface area (Å²) in [6.07, 6.45) is 1.56.